The molecule has 0 spiro atoms. The molecule has 0 unspecified atom stereocenters. The Morgan fingerprint density at radius 2 is 1.92 bits per heavy atom. The summed E-state index contributed by atoms with van der Waals surface area (Å²) in [6.45, 7) is 0.355. The molecular formula is C14H11Cl3N6O. The first-order valence-corrected chi connectivity index (χ1v) is 7.95. The third kappa shape index (κ3) is 4.05. The van der Waals surface area contributed by atoms with Gasteiger partial charge in [0.05, 0.1) is 17.8 Å². The maximum atomic E-state index is 11.9. The van der Waals surface area contributed by atoms with Crippen molar-refractivity contribution in [1.82, 2.24) is 24.5 Å². The average Bonchev–Trinajstić information content (AvgIpc) is 3.12. The number of amides is 1. The number of aromatic nitrogens is 5. The SMILES string of the molecule is O=C(Cn1cc(Cl)cn1)Nc1ncn(Cc2c(Cl)cccc2Cl)n1. The fourth-order valence-electron chi connectivity index (χ4n) is 2.01. The van der Waals surface area contributed by atoms with Crippen LogP contribution in [0.1, 0.15) is 5.56 Å². The van der Waals surface area contributed by atoms with E-state index in [-0.39, 0.29) is 18.4 Å². The van der Waals surface area contributed by atoms with Crippen molar-refractivity contribution in [3.05, 3.63) is 57.6 Å². The molecule has 124 valence electrons. The molecule has 1 aromatic carbocycles. The number of carbonyl (C=O) groups excluding carboxylic acids is 1. The zero-order valence-electron chi connectivity index (χ0n) is 12.2. The summed E-state index contributed by atoms with van der Waals surface area (Å²) in [4.78, 5) is 16.0. The number of hydrogen-bond donors (Lipinski definition) is 1. The molecule has 0 bridgehead atoms. The van der Waals surface area contributed by atoms with Gasteiger partial charge in [0.15, 0.2) is 0 Å². The van der Waals surface area contributed by atoms with Crippen molar-refractivity contribution in [2.45, 2.75) is 13.1 Å². The van der Waals surface area contributed by atoms with Crippen molar-refractivity contribution in [1.29, 1.82) is 0 Å². The number of hydrogen-bond acceptors (Lipinski definition) is 4. The normalized spacial score (nSPS) is 10.8. The minimum absolute atomic E-state index is 0.0115. The Kier molecular flexibility index (Phi) is 5.03. The Labute approximate surface area is 152 Å². The van der Waals surface area contributed by atoms with E-state index in [0.29, 0.717) is 21.6 Å². The number of nitrogens with zero attached hydrogens (tertiary/aromatic N) is 5. The second-order valence-electron chi connectivity index (χ2n) is 4.87. The van der Waals surface area contributed by atoms with Gasteiger partial charge in [-0.05, 0) is 12.1 Å². The fraction of sp³-hybridized carbons (Fsp3) is 0.143. The Morgan fingerprint density at radius 3 is 2.58 bits per heavy atom. The minimum Gasteiger partial charge on any atom is -0.292 e. The summed E-state index contributed by atoms with van der Waals surface area (Å²) in [6, 6.07) is 5.26. The van der Waals surface area contributed by atoms with E-state index in [1.807, 2.05) is 0 Å². The first-order chi connectivity index (χ1) is 11.5. The minimum atomic E-state index is -0.316. The molecule has 2 aromatic heterocycles. The smallest absolute Gasteiger partial charge is 0.248 e. The van der Waals surface area contributed by atoms with Gasteiger partial charge in [0, 0.05) is 21.8 Å². The van der Waals surface area contributed by atoms with Gasteiger partial charge < -0.3 is 0 Å². The van der Waals surface area contributed by atoms with Gasteiger partial charge in [0.1, 0.15) is 12.9 Å². The fourth-order valence-corrected chi connectivity index (χ4v) is 2.68. The highest BCUT2D eigenvalue weighted by Crippen LogP contribution is 2.24. The van der Waals surface area contributed by atoms with Crippen molar-refractivity contribution in [2.24, 2.45) is 0 Å². The highest BCUT2D eigenvalue weighted by atomic mass is 35.5. The molecule has 0 radical (unpaired) electrons. The number of anilines is 1. The van der Waals surface area contributed by atoms with Crippen molar-refractivity contribution < 1.29 is 4.79 Å². The summed E-state index contributed by atoms with van der Waals surface area (Å²) in [7, 11) is 0. The van der Waals surface area contributed by atoms with Gasteiger partial charge in [-0.25, -0.2) is 9.67 Å². The zero-order valence-corrected chi connectivity index (χ0v) is 14.4. The molecule has 0 fully saturated rings. The molecular weight excluding hydrogens is 375 g/mol. The van der Waals surface area contributed by atoms with Crippen molar-refractivity contribution >= 4 is 46.7 Å². The van der Waals surface area contributed by atoms with Crippen molar-refractivity contribution in [3.8, 4) is 0 Å². The van der Waals surface area contributed by atoms with Gasteiger partial charge in [-0.15, -0.1) is 5.10 Å². The first-order valence-electron chi connectivity index (χ1n) is 6.81. The van der Waals surface area contributed by atoms with Crippen LogP contribution in [0.25, 0.3) is 0 Å². The highest BCUT2D eigenvalue weighted by Gasteiger charge is 2.11. The lowest BCUT2D eigenvalue weighted by Crippen LogP contribution is -2.20. The van der Waals surface area contributed by atoms with Gasteiger partial charge in [0.2, 0.25) is 11.9 Å². The Balaban J connectivity index is 1.64. The van der Waals surface area contributed by atoms with Gasteiger partial charge in [-0.1, -0.05) is 40.9 Å². The Hall–Kier alpha value is -2.09. The molecule has 0 aliphatic rings. The summed E-state index contributed by atoms with van der Waals surface area (Å²) < 4.78 is 2.95. The van der Waals surface area contributed by atoms with E-state index in [1.165, 1.54) is 21.9 Å². The lowest BCUT2D eigenvalue weighted by molar-refractivity contribution is -0.116. The monoisotopic (exact) mass is 384 g/mol. The lowest BCUT2D eigenvalue weighted by atomic mass is 10.2. The number of benzene rings is 1. The van der Waals surface area contributed by atoms with E-state index in [0.717, 1.165) is 5.56 Å². The quantitative estimate of drug-likeness (QED) is 0.732. The predicted molar refractivity (Wildman–Crippen MR) is 91.5 cm³/mol. The summed E-state index contributed by atoms with van der Waals surface area (Å²) >= 11 is 18.0. The van der Waals surface area contributed by atoms with E-state index < -0.39 is 0 Å². The predicted octanol–water partition coefficient (Wildman–Crippen LogP) is 3.12. The van der Waals surface area contributed by atoms with E-state index in [1.54, 1.807) is 24.4 Å². The zero-order chi connectivity index (χ0) is 17.1. The largest absolute Gasteiger partial charge is 0.292 e. The standard InChI is InChI=1S/C14H11Cl3N6O/c15-9-4-19-22(5-9)7-13(24)20-14-18-8-23(21-14)6-10-11(16)2-1-3-12(10)17/h1-5,8H,6-7H2,(H,20,21,24). The van der Waals surface area contributed by atoms with Gasteiger partial charge in [-0.3, -0.25) is 14.8 Å². The van der Waals surface area contributed by atoms with Crippen LogP contribution < -0.4 is 5.32 Å². The van der Waals surface area contributed by atoms with Crippen LogP contribution >= 0.6 is 34.8 Å². The van der Waals surface area contributed by atoms with Crippen molar-refractivity contribution in [2.75, 3.05) is 5.32 Å². The van der Waals surface area contributed by atoms with E-state index in [4.69, 9.17) is 34.8 Å². The van der Waals surface area contributed by atoms with Gasteiger partial charge >= 0.3 is 0 Å². The van der Waals surface area contributed by atoms with Gasteiger partial charge in [0.25, 0.3) is 0 Å². The maximum Gasteiger partial charge on any atom is 0.248 e. The van der Waals surface area contributed by atoms with Crippen LogP contribution in [0.3, 0.4) is 0 Å². The van der Waals surface area contributed by atoms with Crippen LogP contribution in [0.15, 0.2) is 36.9 Å². The highest BCUT2D eigenvalue weighted by molar-refractivity contribution is 6.36. The summed E-state index contributed by atoms with van der Waals surface area (Å²) in [6.07, 6.45) is 4.49. The molecule has 0 aliphatic heterocycles. The number of rotatable bonds is 5. The van der Waals surface area contributed by atoms with Gasteiger partial charge in [-0.2, -0.15) is 5.10 Å². The number of nitrogens with one attached hydrogen (secondary N) is 1. The molecule has 3 aromatic rings. The van der Waals surface area contributed by atoms with E-state index in [2.05, 4.69) is 20.5 Å². The Morgan fingerprint density at radius 1 is 1.17 bits per heavy atom. The molecule has 10 heteroatoms. The third-order valence-electron chi connectivity index (χ3n) is 3.08. The molecule has 3 rings (SSSR count). The third-order valence-corrected chi connectivity index (χ3v) is 3.98. The van der Waals surface area contributed by atoms with Crippen molar-refractivity contribution in [3.63, 3.8) is 0 Å². The Bertz CT molecular complexity index is 855. The van der Waals surface area contributed by atoms with Crippen LogP contribution in [-0.4, -0.2) is 30.5 Å². The average molecular weight is 386 g/mol. The summed E-state index contributed by atoms with van der Waals surface area (Å²) in [5, 5.41) is 12.2. The van der Waals surface area contributed by atoms with Crippen LogP contribution in [0.4, 0.5) is 5.95 Å². The van der Waals surface area contributed by atoms with Crippen LogP contribution in [-0.2, 0) is 17.9 Å². The molecule has 1 amide bonds. The molecule has 0 atom stereocenters. The second-order valence-corrected chi connectivity index (χ2v) is 6.12. The topological polar surface area (TPSA) is 77.6 Å². The molecule has 1 N–H and O–H groups in total. The number of halogens is 3. The molecule has 24 heavy (non-hydrogen) atoms. The molecule has 7 nitrogen and oxygen atoms in total. The van der Waals surface area contributed by atoms with Crippen LogP contribution in [0.2, 0.25) is 15.1 Å². The second kappa shape index (κ2) is 7.21. The first kappa shape index (κ1) is 16.8. The lowest BCUT2D eigenvalue weighted by Gasteiger charge is -2.06. The molecule has 2 heterocycles. The maximum absolute atomic E-state index is 11.9. The summed E-state index contributed by atoms with van der Waals surface area (Å²) in [5.41, 5.74) is 0.731. The molecule has 0 aliphatic carbocycles. The summed E-state index contributed by atoms with van der Waals surface area (Å²) in [5.74, 6) is -0.135. The van der Waals surface area contributed by atoms with E-state index in [9.17, 15) is 4.79 Å². The van der Waals surface area contributed by atoms with E-state index >= 15 is 0 Å². The van der Waals surface area contributed by atoms with Crippen LogP contribution in [0.5, 0.6) is 0 Å². The molecule has 0 saturated carbocycles. The number of carbonyl (C=O) groups is 1. The molecule has 0 saturated heterocycles. The van der Waals surface area contributed by atoms with Crippen LogP contribution in [0, 0.1) is 0 Å².